The summed E-state index contributed by atoms with van der Waals surface area (Å²) in [6.45, 7) is 1.87. The van der Waals surface area contributed by atoms with E-state index in [1.54, 1.807) is 12.1 Å². The third-order valence-corrected chi connectivity index (χ3v) is 3.52. The van der Waals surface area contributed by atoms with Crippen molar-refractivity contribution in [3.63, 3.8) is 0 Å². The summed E-state index contributed by atoms with van der Waals surface area (Å²) in [6.07, 6.45) is 2.24. The fraction of sp³-hybridized carbons (Fsp3) is 0.286. The van der Waals surface area contributed by atoms with E-state index in [-0.39, 0.29) is 5.82 Å². The second kappa shape index (κ2) is 4.78. The van der Waals surface area contributed by atoms with Crippen LogP contribution in [0.4, 0.5) is 15.9 Å². The van der Waals surface area contributed by atoms with Crippen LogP contribution in [0.1, 0.15) is 30.1 Å². The van der Waals surface area contributed by atoms with Gasteiger partial charge in [-0.25, -0.2) is 14.4 Å². The van der Waals surface area contributed by atoms with Crippen LogP contribution >= 0.6 is 11.6 Å². The van der Waals surface area contributed by atoms with Gasteiger partial charge in [-0.1, -0.05) is 11.6 Å². The highest BCUT2D eigenvalue weighted by atomic mass is 35.5. The van der Waals surface area contributed by atoms with E-state index in [0.29, 0.717) is 16.9 Å². The van der Waals surface area contributed by atoms with Crippen molar-refractivity contribution in [2.24, 2.45) is 0 Å². The normalized spacial score (nSPS) is 14.5. The van der Waals surface area contributed by atoms with Gasteiger partial charge in [-0.15, -0.1) is 0 Å². The first-order valence-corrected chi connectivity index (χ1v) is 6.58. The number of hydrogen-bond acceptors (Lipinski definition) is 3. The van der Waals surface area contributed by atoms with Gasteiger partial charge in [0.15, 0.2) is 0 Å². The molecule has 0 spiro atoms. The Bertz CT molecular complexity index is 609. The van der Waals surface area contributed by atoms with E-state index in [1.165, 1.54) is 12.1 Å². The van der Waals surface area contributed by atoms with Gasteiger partial charge >= 0.3 is 0 Å². The zero-order chi connectivity index (χ0) is 13.4. The number of aromatic nitrogens is 2. The van der Waals surface area contributed by atoms with Crippen molar-refractivity contribution in [1.29, 1.82) is 0 Å². The predicted octanol–water partition coefficient (Wildman–Crippen LogP) is 4.20. The Balaban J connectivity index is 1.92. The molecule has 3 nitrogen and oxygen atoms in total. The monoisotopic (exact) mass is 277 g/mol. The predicted molar refractivity (Wildman–Crippen MR) is 73.4 cm³/mol. The summed E-state index contributed by atoms with van der Waals surface area (Å²) in [5.74, 6) is 1.65. The minimum Gasteiger partial charge on any atom is -0.340 e. The molecule has 0 saturated heterocycles. The van der Waals surface area contributed by atoms with Crippen molar-refractivity contribution in [3.8, 4) is 0 Å². The minimum atomic E-state index is -0.262. The highest BCUT2D eigenvalue weighted by molar-refractivity contribution is 6.30. The first kappa shape index (κ1) is 12.4. The van der Waals surface area contributed by atoms with Crippen LogP contribution in [-0.4, -0.2) is 9.97 Å². The number of halogens is 2. The molecule has 1 fully saturated rings. The summed E-state index contributed by atoms with van der Waals surface area (Å²) in [5.41, 5.74) is 1.58. The highest BCUT2D eigenvalue weighted by Gasteiger charge is 2.28. The fourth-order valence-electron chi connectivity index (χ4n) is 1.82. The number of nitrogens with zero attached hydrogens (tertiary/aromatic N) is 2. The average Bonchev–Trinajstić information content (AvgIpc) is 3.21. The van der Waals surface area contributed by atoms with E-state index in [4.69, 9.17) is 11.6 Å². The zero-order valence-electron chi connectivity index (χ0n) is 10.5. The van der Waals surface area contributed by atoms with Crippen LogP contribution in [0.2, 0.25) is 5.15 Å². The smallest absolute Gasteiger partial charge is 0.138 e. The van der Waals surface area contributed by atoms with Crippen molar-refractivity contribution in [3.05, 3.63) is 46.6 Å². The molecule has 2 aromatic rings. The first-order valence-electron chi connectivity index (χ1n) is 6.20. The molecule has 19 heavy (non-hydrogen) atoms. The van der Waals surface area contributed by atoms with E-state index in [9.17, 15) is 4.39 Å². The van der Waals surface area contributed by atoms with Crippen LogP contribution in [0.25, 0.3) is 0 Å². The van der Waals surface area contributed by atoms with E-state index < -0.39 is 0 Å². The maximum atomic E-state index is 12.9. The Morgan fingerprint density at radius 2 is 1.89 bits per heavy atom. The third-order valence-electron chi connectivity index (χ3n) is 3.15. The van der Waals surface area contributed by atoms with Crippen LogP contribution in [-0.2, 0) is 0 Å². The first-order chi connectivity index (χ1) is 9.13. The van der Waals surface area contributed by atoms with E-state index in [2.05, 4.69) is 15.3 Å². The Morgan fingerprint density at radius 3 is 2.53 bits per heavy atom. The molecular weight excluding hydrogens is 265 g/mol. The van der Waals surface area contributed by atoms with Gasteiger partial charge in [0.2, 0.25) is 0 Å². The molecule has 5 heteroatoms. The van der Waals surface area contributed by atoms with Gasteiger partial charge in [0.25, 0.3) is 0 Å². The maximum Gasteiger partial charge on any atom is 0.138 e. The quantitative estimate of drug-likeness (QED) is 0.855. The zero-order valence-corrected chi connectivity index (χ0v) is 11.2. The Hall–Kier alpha value is -1.68. The summed E-state index contributed by atoms with van der Waals surface area (Å²) in [6, 6.07) is 6.15. The minimum absolute atomic E-state index is 0.262. The lowest BCUT2D eigenvalue weighted by atomic mass is 10.2. The topological polar surface area (TPSA) is 37.8 Å². The molecule has 0 radical (unpaired) electrons. The lowest BCUT2D eigenvalue weighted by Gasteiger charge is -2.11. The van der Waals surface area contributed by atoms with Crippen molar-refractivity contribution >= 4 is 23.1 Å². The number of hydrogen-bond donors (Lipinski definition) is 1. The molecule has 1 aromatic carbocycles. The van der Waals surface area contributed by atoms with Crippen LogP contribution in [0.5, 0.6) is 0 Å². The van der Waals surface area contributed by atoms with Crippen molar-refractivity contribution in [1.82, 2.24) is 9.97 Å². The highest BCUT2D eigenvalue weighted by Crippen LogP contribution is 2.39. The number of nitrogens with one attached hydrogen (secondary N) is 1. The van der Waals surface area contributed by atoms with Crippen LogP contribution < -0.4 is 5.32 Å². The molecule has 0 amide bonds. The van der Waals surface area contributed by atoms with Crippen LogP contribution in [0, 0.1) is 12.7 Å². The maximum absolute atomic E-state index is 12.9. The lowest BCUT2D eigenvalue weighted by molar-refractivity contribution is 0.628. The molecule has 1 aliphatic carbocycles. The average molecular weight is 278 g/mol. The van der Waals surface area contributed by atoms with E-state index >= 15 is 0 Å². The number of anilines is 2. The van der Waals surface area contributed by atoms with Crippen LogP contribution in [0.3, 0.4) is 0 Å². The largest absolute Gasteiger partial charge is 0.340 e. The van der Waals surface area contributed by atoms with Crippen molar-refractivity contribution in [2.75, 3.05) is 5.32 Å². The van der Waals surface area contributed by atoms with Crippen molar-refractivity contribution < 1.29 is 4.39 Å². The molecule has 3 rings (SSSR count). The van der Waals surface area contributed by atoms with Gasteiger partial charge in [0.1, 0.15) is 22.6 Å². The standard InChI is InChI=1S/C14H13ClFN3/c1-8-12(15)18-14(9-2-3-9)19-13(8)17-11-6-4-10(16)5-7-11/h4-7,9H,2-3H2,1H3,(H,17,18,19). The Morgan fingerprint density at radius 1 is 1.21 bits per heavy atom. The van der Waals surface area contributed by atoms with Gasteiger partial charge in [0, 0.05) is 17.2 Å². The van der Waals surface area contributed by atoms with Gasteiger partial charge in [-0.05, 0) is 44.0 Å². The summed E-state index contributed by atoms with van der Waals surface area (Å²) in [5, 5.41) is 3.63. The van der Waals surface area contributed by atoms with E-state index in [1.807, 2.05) is 6.92 Å². The second-order valence-corrected chi connectivity index (χ2v) is 5.11. The second-order valence-electron chi connectivity index (χ2n) is 4.75. The molecule has 1 aromatic heterocycles. The molecule has 1 saturated carbocycles. The van der Waals surface area contributed by atoms with Gasteiger partial charge in [-0.3, -0.25) is 0 Å². The Kier molecular flexibility index (Phi) is 3.11. The fourth-order valence-corrected chi connectivity index (χ4v) is 2.00. The molecule has 0 aliphatic heterocycles. The van der Waals surface area contributed by atoms with E-state index in [0.717, 1.165) is 29.9 Å². The molecule has 0 unspecified atom stereocenters. The van der Waals surface area contributed by atoms with Crippen LogP contribution in [0.15, 0.2) is 24.3 Å². The molecule has 1 N–H and O–H groups in total. The molecule has 1 aliphatic rings. The van der Waals surface area contributed by atoms with Gasteiger partial charge < -0.3 is 5.32 Å². The molecular formula is C14H13ClFN3. The summed E-state index contributed by atoms with van der Waals surface area (Å²) in [7, 11) is 0. The third kappa shape index (κ3) is 2.68. The SMILES string of the molecule is Cc1c(Cl)nc(C2CC2)nc1Nc1ccc(F)cc1. The lowest BCUT2D eigenvalue weighted by Crippen LogP contribution is -2.03. The molecule has 0 atom stereocenters. The molecule has 0 bridgehead atoms. The van der Waals surface area contributed by atoms with Gasteiger partial charge in [0.05, 0.1) is 0 Å². The number of benzene rings is 1. The number of rotatable bonds is 3. The summed E-state index contributed by atoms with van der Waals surface area (Å²) in [4.78, 5) is 8.82. The summed E-state index contributed by atoms with van der Waals surface area (Å²) >= 11 is 6.13. The van der Waals surface area contributed by atoms with Gasteiger partial charge in [-0.2, -0.15) is 0 Å². The Labute approximate surface area is 115 Å². The summed E-state index contributed by atoms with van der Waals surface area (Å²) < 4.78 is 12.9. The van der Waals surface area contributed by atoms with Crippen molar-refractivity contribution in [2.45, 2.75) is 25.7 Å². The molecule has 1 heterocycles. The molecule has 98 valence electrons.